The molecule has 1 amide bonds. The van der Waals surface area contributed by atoms with Crippen LogP contribution in [-0.4, -0.2) is 34.9 Å². The minimum Gasteiger partial charge on any atom is -0.463 e. The van der Waals surface area contributed by atoms with Crippen molar-refractivity contribution in [1.29, 1.82) is 0 Å². The third-order valence-electron chi connectivity index (χ3n) is 3.60. The summed E-state index contributed by atoms with van der Waals surface area (Å²) in [6.07, 6.45) is 2.47. The van der Waals surface area contributed by atoms with Gasteiger partial charge in [-0.05, 0) is 37.6 Å². The quantitative estimate of drug-likeness (QED) is 0.904. The zero-order valence-electron chi connectivity index (χ0n) is 11.4. The summed E-state index contributed by atoms with van der Waals surface area (Å²) in [4.78, 5) is 18.7. The topological polar surface area (TPSA) is 72.4 Å². The molecule has 2 aromatic rings. The summed E-state index contributed by atoms with van der Waals surface area (Å²) in [5.41, 5.74) is 7.93. The van der Waals surface area contributed by atoms with Gasteiger partial charge in [0.2, 0.25) is 0 Å². The number of rotatable bonds is 2. The first-order valence-corrected chi connectivity index (χ1v) is 6.71. The fourth-order valence-corrected chi connectivity index (χ4v) is 2.49. The zero-order chi connectivity index (χ0) is 14.1. The van der Waals surface area contributed by atoms with E-state index in [-0.39, 0.29) is 11.9 Å². The van der Waals surface area contributed by atoms with E-state index in [0.29, 0.717) is 23.6 Å². The van der Waals surface area contributed by atoms with E-state index in [4.69, 9.17) is 10.2 Å². The van der Waals surface area contributed by atoms with Crippen LogP contribution in [0.25, 0.3) is 11.5 Å². The molecule has 1 aliphatic rings. The molecule has 0 aromatic carbocycles. The van der Waals surface area contributed by atoms with E-state index in [1.54, 1.807) is 11.2 Å². The summed E-state index contributed by atoms with van der Waals surface area (Å²) in [5, 5.41) is 0. The highest BCUT2D eigenvalue weighted by Gasteiger charge is 2.25. The normalized spacial score (nSPS) is 18.5. The number of carbonyl (C=O) groups is 1. The highest BCUT2D eigenvalue weighted by Crippen LogP contribution is 2.21. The van der Waals surface area contributed by atoms with Gasteiger partial charge in [0, 0.05) is 19.1 Å². The SMILES string of the molecule is Cc1nc(-c2ccco2)ccc1C(=O)N1CC[C@@H](N)C1. The first-order chi connectivity index (χ1) is 9.65. The third-order valence-corrected chi connectivity index (χ3v) is 3.60. The molecule has 20 heavy (non-hydrogen) atoms. The first kappa shape index (κ1) is 12.9. The van der Waals surface area contributed by atoms with Crippen LogP contribution in [0.1, 0.15) is 22.5 Å². The monoisotopic (exact) mass is 271 g/mol. The number of hydrogen-bond donors (Lipinski definition) is 1. The van der Waals surface area contributed by atoms with Gasteiger partial charge >= 0.3 is 0 Å². The molecular formula is C15H17N3O2. The van der Waals surface area contributed by atoms with Crippen LogP contribution in [0, 0.1) is 6.92 Å². The average molecular weight is 271 g/mol. The second kappa shape index (κ2) is 5.09. The second-order valence-corrected chi connectivity index (χ2v) is 5.11. The predicted octanol–water partition coefficient (Wildman–Crippen LogP) is 1.82. The van der Waals surface area contributed by atoms with E-state index < -0.39 is 0 Å². The molecule has 3 heterocycles. The third kappa shape index (κ3) is 2.32. The molecule has 2 N–H and O–H groups in total. The minimum atomic E-state index is 0.00828. The molecule has 0 spiro atoms. The molecule has 0 bridgehead atoms. The average Bonchev–Trinajstić information content (AvgIpc) is 3.09. The van der Waals surface area contributed by atoms with Crippen molar-refractivity contribution in [2.45, 2.75) is 19.4 Å². The molecule has 0 aliphatic carbocycles. The lowest BCUT2D eigenvalue weighted by Gasteiger charge is -2.17. The number of carbonyl (C=O) groups excluding carboxylic acids is 1. The van der Waals surface area contributed by atoms with Crippen LogP contribution in [0.15, 0.2) is 34.9 Å². The van der Waals surface area contributed by atoms with Crippen LogP contribution in [0.3, 0.4) is 0 Å². The molecular weight excluding hydrogens is 254 g/mol. The van der Waals surface area contributed by atoms with Crippen molar-refractivity contribution in [3.63, 3.8) is 0 Å². The maximum Gasteiger partial charge on any atom is 0.255 e. The van der Waals surface area contributed by atoms with Crippen LogP contribution >= 0.6 is 0 Å². The highest BCUT2D eigenvalue weighted by molar-refractivity contribution is 5.95. The maximum atomic E-state index is 12.4. The Bertz CT molecular complexity index is 622. The highest BCUT2D eigenvalue weighted by atomic mass is 16.3. The van der Waals surface area contributed by atoms with Crippen LogP contribution in [-0.2, 0) is 0 Å². The summed E-state index contributed by atoms with van der Waals surface area (Å²) in [5.74, 6) is 0.712. The lowest BCUT2D eigenvalue weighted by atomic mass is 10.1. The summed E-state index contributed by atoms with van der Waals surface area (Å²) < 4.78 is 5.31. The molecule has 0 saturated carbocycles. The standard InChI is InChI=1S/C15H17N3O2/c1-10-12(15(19)18-7-6-11(16)9-18)4-5-13(17-10)14-3-2-8-20-14/h2-5,8,11H,6-7,9,16H2,1H3/t11-/m1/s1. The van der Waals surface area contributed by atoms with Crippen molar-refractivity contribution in [3.05, 3.63) is 41.8 Å². The fraction of sp³-hybridized carbons (Fsp3) is 0.333. The molecule has 1 saturated heterocycles. The van der Waals surface area contributed by atoms with E-state index in [1.165, 1.54) is 0 Å². The summed E-state index contributed by atoms with van der Waals surface area (Å²) >= 11 is 0. The largest absolute Gasteiger partial charge is 0.463 e. The van der Waals surface area contributed by atoms with E-state index in [9.17, 15) is 4.79 Å². The molecule has 5 heteroatoms. The Morgan fingerprint density at radius 2 is 2.30 bits per heavy atom. The molecule has 1 fully saturated rings. The van der Waals surface area contributed by atoms with Gasteiger partial charge in [0.25, 0.3) is 5.91 Å². The minimum absolute atomic E-state index is 0.00828. The van der Waals surface area contributed by atoms with Gasteiger partial charge in [0.15, 0.2) is 5.76 Å². The molecule has 0 unspecified atom stereocenters. The maximum absolute atomic E-state index is 12.4. The summed E-state index contributed by atoms with van der Waals surface area (Å²) in [6, 6.07) is 7.39. The van der Waals surface area contributed by atoms with Crippen LogP contribution in [0.2, 0.25) is 0 Å². The molecule has 1 atom stereocenters. The summed E-state index contributed by atoms with van der Waals surface area (Å²) in [6.45, 7) is 3.19. The number of hydrogen-bond acceptors (Lipinski definition) is 4. The van der Waals surface area contributed by atoms with Gasteiger partial charge in [0.1, 0.15) is 5.69 Å². The Morgan fingerprint density at radius 1 is 1.45 bits per heavy atom. The number of aromatic nitrogens is 1. The Morgan fingerprint density at radius 3 is 2.90 bits per heavy atom. The van der Waals surface area contributed by atoms with Crippen LogP contribution in [0.5, 0.6) is 0 Å². The smallest absolute Gasteiger partial charge is 0.255 e. The predicted molar refractivity (Wildman–Crippen MR) is 75.2 cm³/mol. The molecule has 2 aromatic heterocycles. The number of aryl methyl sites for hydroxylation is 1. The molecule has 3 rings (SSSR count). The van der Waals surface area contributed by atoms with E-state index in [0.717, 1.165) is 18.7 Å². The van der Waals surface area contributed by atoms with Crippen molar-refractivity contribution in [3.8, 4) is 11.5 Å². The lowest BCUT2D eigenvalue weighted by molar-refractivity contribution is 0.0789. The van der Waals surface area contributed by atoms with Crippen LogP contribution < -0.4 is 5.73 Å². The van der Waals surface area contributed by atoms with E-state index >= 15 is 0 Å². The fourth-order valence-electron chi connectivity index (χ4n) is 2.49. The second-order valence-electron chi connectivity index (χ2n) is 5.11. The van der Waals surface area contributed by atoms with Crippen molar-refractivity contribution in [1.82, 2.24) is 9.88 Å². The number of nitrogens with two attached hydrogens (primary N) is 1. The molecule has 0 radical (unpaired) electrons. The number of amides is 1. The number of furan rings is 1. The number of likely N-dealkylation sites (tertiary alicyclic amines) is 1. The van der Waals surface area contributed by atoms with E-state index in [2.05, 4.69) is 4.98 Å². The Labute approximate surface area is 117 Å². The van der Waals surface area contributed by atoms with Crippen molar-refractivity contribution in [2.75, 3.05) is 13.1 Å². The van der Waals surface area contributed by atoms with Crippen LogP contribution in [0.4, 0.5) is 0 Å². The van der Waals surface area contributed by atoms with Gasteiger partial charge in [-0.25, -0.2) is 4.98 Å². The molecule has 104 valence electrons. The van der Waals surface area contributed by atoms with Gasteiger partial charge in [-0.15, -0.1) is 0 Å². The van der Waals surface area contributed by atoms with Gasteiger partial charge in [-0.2, -0.15) is 0 Å². The van der Waals surface area contributed by atoms with E-state index in [1.807, 2.05) is 31.2 Å². The number of pyridine rings is 1. The summed E-state index contributed by atoms with van der Waals surface area (Å²) in [7, 11) is 0. The van der Waals surface area contributed by atoms with Crippen molar-refractivity contribution >= 4 is 5.91 Å². The van der Waals surface area contributed by atoms with Gasteiger partial charge in [-0.1, -0.05) is 0 Å². The molecule has 5 nitrogen and oxygen atoms in total. The van der Waals surface area contributed by atoms with Gasteiger partial charge in [0.05, 0.1) is 17.5 Å². The van der Waals surface area contributed by atoms with Gasteiger partial charge < -0.3 is 15.1 Å². The molecule has 1 aliphatic heterocycles. The zero-order valence-corrected chi connectivity index (χ0v) is 11.4. The Balaban J connectivity index is 1.86. The Kier molecular flexibility index (Phi) is 3.28. The van der Waals surface area contributed by atoms with Crippen molar-refractivity contribution < 1.29 is 9.21 Å². The number of nitrogens with zero attached hydrogens (tertiary/aromatic N) is 2. The Hall–Kier alpha value is -2.14. The first-order valence-electron chi connectivity index (χ1n) is 6.71. The van der Waals surface area contributed by atoms with Gasteiger partial charge in [-0.3, -0.25) is 4.79 Å². The lowest BCUT2D eigenvalue weighted by Crippen LogP contribution is -2.32. The van der Waals surface area contributed by atoms with Crippen molar-refractivity contribution in [2.24, 2.45) is 5.73 Å².